The lowest BCUT2D eigenvalue weighted by Crippen LogP contribution is -2.44. The topological polar surface area (TPSA) is 96.5 Å². The van der Waals surface area contributed by atoms with Crippen molar-refractivity contribution in [2.45, 2.75) is 13.3 Å². The lowest BCUT2D eigenvalue weighted by molar-refractivity contribution is -0.129. The van der Waals surface area contributed by atoms with Gasteiger partial charge in [0.15, 0.2) is 6.61 Å². The van der Waals surface area contributed by atoms with E-state index >= 15 is 0 Å². The van der Waals surface area contributed by atoms with E-state index in [1.54, 1.807) is 42.5 Å². The molecule has 0 radical (unpaired) electrons. The molecule has 28 heavy (non-hydrogen) atoms. The third-order valence-electron chi connectivity index (χ3n) is 3.58. The van der Waals surface area contributed by atoms with Crippen LogP contribution >= 0.6 is 27.5 Å². The zero-order valence-corrected chi connectivity index (χ0v) is 17.4. The first kappa shape index (κ1) is 21.7. The second kappa shape index (κ2) is 10.7. The summed E-state index contributed by atoms with van der Waals surface area (Å²) in [6.07, 6.45) is 0.0137. The molecule has 0 aliphatic carbocycles. The van der Waals surface area contributed by atoms with Gasteiger partial charge in [-0.25, -0.2) is 0 Å². The first-order valence-electron chi connectivity index (χ1n) is 8.35. The van der Waals surface area contributed by atoms with Crippen molar-refractivity contribution >= 4 is 45.3 Å². The molecule has 0 bridgehead atoms. The SMILES string of the molecule is Cc1cc(OCC(=O)NNC(=O)CCNC(=O)c2ccc(Br)cc2)ccc1Cl. The molecule has 148 valence electrons. The van der Waals surface area contributed by atoms with Crippen molar-refractivity contribution in [1.82, 2.24) is 16.2 Å². The average Bonchev–Trinajstić information content (AvgIpc) is 2.67. The summed E-state index contributed by atoms with van der Waals surface area (Å²) in [5.41, 5.74) is 5.83. The van der Waals surface area contributed by atoms with E-state index in [0.717, 1.165) is 10.0 Å². The Hall–Kier alpha value is -2.58. The second-order valence-corrected chi connectivity index (χ2v) is 7.13. The number of hydrazine groups is 1. The minimum Gasteiger partial charge on any atom is -0.484 e. The van der Waals surface area contributed by atoms with Crippen molar-refractivity contribution in [2.75, 3.05) is 13.2 Å². The van der Waals surface area contributed by atoms with E-state index in [1.807, 2.05) is 6.92 Å². The van der Waals surface area contributed by atoms with Gasteiger partial charge in [-0.15, -0.1) is 0 Å². The third-order valence-corrected chi connectivity index (χ3v) is 4.54. The molecule has 0 heterocycles. The van der Waals surface area contributed by atoms with Crippen LogP contribution in [0.15, 0.2) is 46.9 Å². The summed E-state index contributed by atoms with van der Waals surface area (Å²) in [6.45, 7) is 1.70. The molecule has 0 spiro atoms. The van der Waals surface area contributed by atoms with E-state index in [-0.39, 0.29) is 25.5 Å². The Labute approximate surface area is 175 Å². The second-order valence-electron chi connectivity index (χ2n) is 5.81. The summed E-state index contributed by atoms with van der Waals surface area (Å²) >= 11 is 9.21. The molecule has 0 aliphatic heterocycles. The maximum atomic E-state index is 11.9. The fourth-order valence-electron chi connectivity index (χ4n) is 2.09. The summed E-state index contributed by atoms with van der Waals surface area (Å²) in [5, 5.41) is 3.24. The maximum absolute atomic E-state index is 11.9. The quantitative estimate of drug-likeness (QED) is 0.545. The third kappa shape index (κ3) is 7.21. The van der Waals surface area contributed by atoms with Gasteiger partial charge in [0.25, 0.3) is 11.8 Å². The summed E-state index contributed by atoms with van der Waals surface area (Å²) in [5.74, 6) is -0.735. The van der Waals surface area contributed by atoms with Crippen LogP contribution in [0.1, 0.15) is 22.3 Å². The van der Waals surface area contributed by atoms with E-state index in [4.69, 9.17) is 16.3 Å². The minimum atomic E-state index is -0.514. The Morgan fingerprint density at radius 2 is 1.71 bits per heavy atom. The fourth-order valence-corrected chi connectivity index (χ4v) is 2.47. The Balaban J connectivity index is 1.63. The molecule has 2 rings (SSSR count). The van der Waals surface area contributed by atoms with Gasteiger partial charge in [0.1, 0.15) is 5.75 Å². The molecule has 3 N–H and O–H groups in total. The first-order valence-corrected chi connectivity index (χ1v) is 9.52. The van der Waals surface area contributed by atoms with E-state index in [2.05, 4.69) is 32.1 Å². The van der Waals surface area contributed by atoms with Crippen LogP contribution in [0.5, 0.6) is 5.75 Å². The summed E-state index contributed by atoms with van der Waals surface area (Å²) in [7, 11) is 0. The van der Waals surface area contributed by atoms with E-state index in [9.17, 15) is 14.4 Å². The molecule has 0 aliphatic rings. The lowest BCUT2D eigenvalue weighted by atomic mass is 10.2. The molecule has 3 amide bonds. The monoisotopic (exact) mass is 467 g/mol. The highest BCUT2D eigenvalue weighted by Gasteiger charge is 2.08. The summed E-state index contributed by atoms with van der Waals surface area (Å²) in [6, 6.07) is 11.9. The number of nitrogens with one attached hydrogen (secondary N) is 3. The normalized spacial score (nSPS) is 10.1. The maximum Gasteiger partial charge on any atom is 0.276 e. The lowest BCUT2D eigenvalue weighted by Gasteiger charge is -2.10. The van der Waals surface area contributed by atoms with Gasteiger partial charge in [0.2, 0.25) is 5.91 Å². The Morgan fingerprint density at radius 1 is 1.04 bits per heavy atom. The smallest absolute Gasteiger partial charge is 0.276 e. The van der Waals surface area contributed by atoms with Gasteiger partial charge < -0.3 is 10.1 Å². The number of amides is 3. The number of benzene rings is 2. The molecule has 0 unspecified atom stereocenters. The van der Waals surface area contributed by atoms with Gasteiger partial charge >= 0.3 is 0 Å². The largest absolute Gasteiger partial charge is 0.484 e. The predicted molar refractivity (Wildman–Crippen MR) is 109 cm³/mol. The number of ether oxygens (including phenoxy) is 1. The average molecular weight is 469 g/mol. The van der Waals surface area contributed by atoms with E-state index in [1.165, 1.54) is 0 Å². The standard InChI is InChI=1S/C19H19BrClN3O4/c1-12-10-15(6-7-16(12)21)28-11-18(26)24-23-17(25)8-9-22-19(27)13-2-4-14(20)5-3-13/h2-7,10H,8-9,11H2,1H3,(H,22,27)(H,23,25)(H,24,26). The highest BCUT2D eigenvalue weighted by Crippen LogP contribution is 2.20. The highest BCUT2D eigenvalue weighted by atomic mass is 79.9. The van der Waals surface area contributed by atoms with Gasteiger partial charge in [0, 0.05) is 28.0 Å². The van der Waals surface area contributed by atoms with Gasteiger partial charge in [-0.3, -0.25) is 25.2 Å². The molecule has 0 atom stereocenters. The Bertz CT molecular complexity index is 859. The van der Waals surface area contributed by atoms with Crippen LogP contribution in [-0.2, 0) is 9.59 Å². The molecular formula is C19H19BrClN3O4. The molecular weight excluding hydrogens is 450 g/mol. The van der Waals surface area contributed by atoms with Crippen molar-refractivity contribution in [3.05, 3.63) is 63.1 Å². The van der Waals surface area contributed by atoms with Gasteiger partial charge in [-0.2, -0.15) is 0 Å². The molecule has 2 aromatic carbocycles. The van der Waals surface area contributed by atoms with Crippen LogP contribution in [0, 0.1) is 6.92 Å². The number of carbonyl (C=O) groups is 3. The number of halogens is 2. The summed E-state index contributed by atoms with van der Waals surface area (Å²) in [4.78, 5) is 35.4. The zero-order valence-electron chi connectivity index (χ0n) is 15.1. The molecule has 0 aromatic heterocycles. The van der Waals surface area contributed by atoms with Crippen LogP contribution in [0.25, 0.3) is 0 Å². The first-order chi connectivity index (χ1) is 13.3. The van der Waals surface area contributed by atoms with Gasteiger partial charge in [-0.05, 0) is 55.0 Å². The van der Waals surface area contributed by atoms with Crippen molar-refractivity contribution in [2.24, 2.45) is 0 Å². The number of carbonyl (C=O) groups excluding carboxylic acids is 3. The number of hydrogen-bond donors (Lipinski definition) is 3. The Kier molecular flexibility index (Phi) is 8.28. The van der Waals surface area contributed by atoms with Crippen LogP contribution in [0.3, 0.4) is 0 Å². The van der Waals surface area contributed by atoms with Crippen molar-refractivity contribution in [3.63, 3.8) is 0 Å². The van der Waals surface area contributed by atoms with Crippen molar-refractivity contribution in [3.8, 4) is 5.75 Å². The number of rotatable bonds is 7. The zero-order chi connectivity index (χ0) is 20.5. The van der Waals surface area contributed by atoms with E-state index in [0.29, 0.717) is 16.3 Å². The van der Waals surface area contributed by atoms with Gasteiger partial charge in [0.05, 0.1) is 0 Å². The molecule has 7 nitrogen and oxygen atoms in total. The molecule has 9 heteroatoms. The molecule has 0 fully saturated rings. The predicted octanol–water partition coefficient (Wildman–Crippen LogP) is 2.76. The minimum absolute atomic E-state index is 0.0137. The fraction of sp³-hybridized carbons (Fsp3) is 0.211. The molecule has 0 saturated carbocycles. The number of hydrogen-bond acceptors (Lipinski definition) is 4. The van der Waals surface area contributed by atoms with Crippen molar-refractivity contribution in [1.29, 1.82) is 0 Å². The Morgan fingerprint density at radius 3 is 2.39 bits per heavy atom. The summed E-state index contributed by atoms with van der Waals surface area (Å²) < 4.78 is 6.19. The van der Waals surface area contributed by atoms with Crippen LogP contribution < -0.4 is 20.9 Å². The highest BCUT2D eigenvalue weighted by molar-refractivity contribution is 9.10. The molecule has 2 aromatic rings. The van der Waals surface area contributed by atoms with E-state index < -0.39 is 11.8 Å². The van der Waals surface area contributed by atoms with Crippen LogP contribution in [0.2, 0.25) is 5.02 Å². The number of aryl methyl sites for hydroxylation is 1. The van der Waals surface area contributed by atoms with Crippen LogP contribution in [0.4, 0.5) is 0 Å². The van der Waals surface area contributed by atoms with Gasteiger partial charge in [-0.1, -0.05) is 27.5 Å². The molecule has 0 saturated heterocycles. The van der Waals surface area contributed by atoms with Crippen molar-refractivity contribution < 1.29 is 19.1 Å². The van der Waals surface area contributed by atoms with Crippen LogP contribution in [-0.4, -0.2) is 30.9 Å².